The SMILES string of the molecule is Cc1ccc(-c2cn3cc(C(=O)NC(c4ccccc4)C(F)F)cc3c(=O)[nH]2)cc1C. The van der Waals surface area contributed by atoms with Gasteiger partial charge < -0.3 is 14.7 Å². The molecular formula is C24H21F2N3O2. The average Bonchev–Trinajstić information content (AvgIpc) is 3.19. The molecule has 0 bridgehead atoms. The maximum absolute atomic E-state index is 13.6. The number of benzene rings is 2. The molecule has 0 aliphatic heterocycles. The molecule has 5 nitrogen and oxygen atoms in total. The number of alkyl halides is 2. The summed E-state index contributed by atoms with van der Waals surface area (Å²) in [5, 5.41) is 2.37. The van der Waals surface area contributed by atoms with Crippen LogP contribution in [0.25, 0.3) is 16.8 Å². The Morgan fingerprint density at radius 1 is 1.00 bits per heavy atom. The number of hydrogen-bond donors (Lipinski definition) is 2. The average molecular weight is 421 g/mol. The summed E-state index contributed by atoms with van der Waals surface area (Å²) in [5.74, 6) is -0.676. The number of aromatic nitrogens is 2. The smallest absolute Gasteiger partial charge is 0.272 e. The van der Waals surface area contributed by atoms with Gasteiger partial charge >= 0.3 is 0 Å². The van der Waals surface area contributed by atoms with Gasteiger partial charge in [-0.2, -0.15) is 0 Å². The molecule has 1 unspecified atom stereocenters. The van der Waals surface area contributed by atoms with E-state index in [0.717, 1.165) is 16.7 Å². The molecule has 31 heavy (non-hydrogen) atoms. The van der Waals surface area contributed by atoms with Crippen molar-refractivity contribution in [1.82, 2.24) is 14.7 Å². The number of aromatic amines is 1. The van der Waals surface area contributed by atoms with Crippen molar-refractivity contribution in [1.29, 1.82) is 0 Å². The first kappa shape index (κ1) is 20.5. The highest BCUT2D eigenvalue weighted by atomic mass is 19.3. The number of rotatable bonds is 5. The molecular weight excluding hydrogens is 400 g/mol. The lowest BCUT2D eigenvalue weighted by atomic mass is 10.0. The second-order valence-corrected chi connectivity index (χ2v) is 7.51. The van der Waals surface area contributed by atoms with Crippen molar-refractivity contribution in [2.45, 2.75) is 26.3 Å². The number of H-pyrrole nitrogens is 1. The summed E-state index contributed by atoms with van der Waals surface area (Å²) in [6.45, 7) is 3.99. The van der Waals surface area contributed by atoms with Crippen LogP contribution in [0.15, 0.2) is 71.8 Å². The second kappa shape index (κ2) is 8.18. The quantitative estimate of drug-likeness (QED) is 0.493. The van der Waals surface area contributed by atoms with Gasteiger partial charge in [0.2, 0.25) is 0 Å². The zero-order chi connectivity index (χ0) is 22.1. The van der Waals surface area contributed by atoms with Crippen molar-refractivity contribution in [3.8, 4) is 11.3 Å². The minimum Gasteiger partial charge on any atom is -0.339 e. The number of nitrogens with one attached hydrogen (secondary N) is 2. The van der Waals surface area contributed by atoms with Crippen LogP contribution < -0.4 is 10.9 Å². The van der Waals surface area contributed by atoms with Gasteiger partial charge in [-0.1, -0.05) is 42.5 Å². The summed E-state index contributed by atoms with van der Waals surface area (Å²) in [4.78, 5) is 28.1. The van der Waals surface area contributed by atoms with E-state index in [1.165, 1.54) is 28.8 Å². The van der Waals surface area contributed by atoms with Crippen molar-refractivity contribution in [2.24, 2.45) is 0 Å². The van der Waals surface area contributed by atoms with E-state index in [1.54, 1.807) is 24.4 Å². The van der Waals surface area contributed by atoms with Gasteiger partial charge in [-0.3, -0.25) is 9.59 Å². The van der Waals surface area contributed by atoms with Crippen LogP contribution in [0.1, 0.15) is 33.1 Å². The molecule has 7 heteroatoms. The Kier molecular flexibility index (Phi) is 5.42. The van der Waals surface area contributed by atoms with Gasteiger partial charge in [0, 0.05) is 12.4 Å². The van der Waals surface area contributed by atoms with Crippen molar-refractivity contribution in [2.75, 3.05) is 0 Å². The van der Waals surface area contributed by atoms with E-state index in [2.05, 4.69) is 10.3 Å². The molecule has 2 aromatic heterocycles. The summed E-state index contributed by atoms with van der Waals surface area (Å²) in [5.41, 5.74) is 3.98. The number of hydrogen-bond acceptors (Lipinski definition) is 2. The molecule has 158 valence electrons. The lowest BCUT2D eigenvalue weighted by Gasteiger charge is -2.17. The van der Waals surface area contributed by atoms with Gasteiger partial charge in [0.25, 0.3) is 17.9 Å². The zero-order valence-electron chi connectivity index (χ0n) is 17.0. The largest absolute Gasteiger partial charge is 0.339 e. The number of fused-ring (bicyclic) bond motifs is 1. The molecule has 4 aromatic rings. The third-order valence-electron chi connectivity index (χ3n) is 5.37. The maximum atomic E-state index is 13.6. The number of halogens is 2. The van der Waals surface area contributed by atoms with Crippen molar-refractivity contribution >= 4 is 11.4 Å². The van der Waals surface area contributed by atoms with Crippen molar-refractivity contribution in [3.05, 3.63) is 99.6 Å². The molecule has 0 fully saturated rings. The molecule has 0 aliphatic carbocycles. The van der Waals surface area contributed by atoms with E-state index in [-0.39, 0.29) is 16.6 Å². The highest BCUT2D eigenvalue weighted by molar-refractivity contribution is 5.96. The molecule has 0 aliphatic rings. The fraction of sp³-hybridized carbons (Fsp3) is 0.167. The molecule has 0 saturated carbocycles. The highest BCUT2D eigenvalue weighted by Crippen LogP contribution is 2.23. The molecule has 2 heterocycles. The molecule has 0 saturated heterocycles. The predicted molar refractivity (Wildman–Crippen MR) is 116 cm³/mol. The molecule has 2 N–H and O–H groups in total. The second-order valence-electron chi connectivity index (χ2n) is 7.51. The first-order valence-corrected chi connectivity index (χ1v) is 9.80. The Bertz CT molecular complexity index is 1310. The van der Waals surface area contributed by atoms with Crippen LogP contribution in [0.2, 0.25) is 0 Å². The molecule has 4 rings (SSSR count). The fourth-order valence-electron chi connectivity index (χ4n) is 3.48. The number of carbonyl (C=O) groups is 1. The predicted octanol–water partition coefficient (Wildman–Crippen LogP) is 4.65. The Labute approximate surface area is 177 Å². The van der Waals surface area contributed by atoms with E-state index in [9.17, 15) is 18.4 Å². The third-order valence-corrected chi connectivity index (χ3v) is 5.37. The standard InChI is InChI=1S/C24H21F2N3O2/c1-14-8-9-17(10-15(14)2)19-13-29-12-18(11-20(29)24(31)27-19)23(30)28-21(22(25)26)16-6-4-3-5-7-16/h3-13,21-22H,1-2H3,(H,27,31)(H,28,30). The van der Waals surface area contributed by atoms with E-state index >= 15 is 0 Å². The van der Waals surface area contributed by atoms with Crippen LogP contribution >= 0.6 is 0 Å². The van der Waals surface area contributed by atoms with Gasteiger partial charge in [-0.25, -0.2) is 8.78 Å². The van der Waals surface area contributed by atoms with Gasteiger partial charge in [-0.15, -0.1) is 0 Å². The molecule has 2 aromatic carbocycles. The third kappa shape index (κ3) is 4.12. The Morgan fingerprint density at radius 2 is 1.74 bits per heavy atom. The van der Waals surface area contributed by atoms with Crippen LogP contribution in [0.3, 0.4) is 0 Å². The van der Waals surface area contributed by atoms with E-state index in [0.29, 0.717) is 11.3 Å². The van der Waals surface area contributed by atoms with Crippen LogP contribution in [0.4, 0.5) is 8.78 Å². The number of aryl methyl sites for hydroxylation is 2. The summed E-state index contributed by atoms with van der Waals surface area (Å²) in [6, 6.07) is 13.9. The highest BCUT2D eigenvalue weighted by Gasteiger charge is 2.25. The van der Waals surface area contributed by atoms with Crippen LogP contribution in [0.5, 0.6) is 0 Å². The molecule has 0 spiro atoms. The van der Waals surface area contributed by atoms with Gasteiger partial charge in [0.1, 0.15) is 11.6 Å². The Balaban J connectivity index is 1.67. The van der Waals surface area contributed by atoms with Gasteiger partial charge in [0.15, 0.2) is 0 Å². The summed E-state index contributed by atoms with van der Waals surface area (Å²) >= 11 is 0. The lowest BCUT2D eigenvalue weighted by molar-refractivity contribution is 0.0744. The fourth-order valence-corrected chi connectivity index (χ4v) is 3.48. The van der Waals surface area contributed by atoms with E-state index in [4.69, 9.17) is 0 Å². The first-order valence-electron chi connectivity index (χ1n) is 9.80. The van der Waals surface area contributed by atoms with Gasteiger partial charge in [-0.05, 0) is 48.2 Å². The minimum atomic E-state index is -2.77. The molecule has 0 radical (unpaired) electrons. The topological polar surface area (TPSA) is 66.4 Å². The number of amides is 1. The monoisotopic (exact) mass is 421 g/mol. The zero-order valence-corrected chi connectivity index (χ0v) is 17.0. The first-order chi connectivity index (χ1) is 14.8. The summed E-state index contributed by atoms with van der Waals surface area (Å²) in [7, 11) is 0. The van der Waals surface area contributed by atoms with Gasteiger partial charge in [0.05, 0.1) is 11.3 Å². The number of carbonyl (C=O) groups excluding carboxylic acids is 1. The van der Waals surface area contributed by atoms with Crippen LogP contribution in [-0.4, -0.2) is 21.7 Å². The Morgan fingerprint density at radius 3 is 2.42 bits per heavy atom. The lowest BCUT2D eigenvalue weighted by Crippen LogP contribution is -2.32. The van der Waals surface area contributed by atoms with E-state index < -0.39 is 18.4 Å². The van der Waals surface area contributed by atoms with Crippen LogP contribution in [0, 0.1) is 13.8 Å². The molecule has 1 atom stereocenters. The van der Waals surface area contributed by atoms with Crippen molar-refractivity contribution < 1.29 is 13.6 Å². The molecule has 1 amide bonds. The maximum Gasteiger partial charge on any atom is 0.272 e. The van der Waals surface area contributed by atoms with E-state index in [1.807, 2.05) is 32.0 Å². The Hall–Kier alpha value is -3.74. The minimum absolute atomic E-state index is 0.129. The van der Waals surface area contributed by atoms with Crippen molar-refractivity contribution in [3.63, 3.8) is 0 Å². The normalized spacial score (nSPS) is 12.3. The van der Waals surface area contributed by atoms with Crippen LogP contribution in [-0.2, 0) is 0 Å². The summed E-state index contributed by atoms with van der Waals surface area (Å²) < 4.78 is 28.7. The summed E-state index contributed by atoms with van der Waals surface area (Å²) in [6.07, 6.45) is 0.403. The number of nitrogens with zero attached hydrogens (tertiary/aromatic N) is 1.